The molecule has 1 aromatic carbocycles. The van der Waals surface area contributed by atoms with E-state index in [4.69, 9.17) is 23.7 Å². The first-order chi connectivity index (χ1) is 11.8. The summed E-state index contributed by atoms with van der Waals surface area (Å²) in [5.41, 5.74) is 16.3. The van der Waals surface area contributed by atoms with Gasteiger partial charge in [0.15, 0.2) is 10.2 Å². The molecule has 2 rings (SSSR count). The number of rotatable bonds is 5. The maximum absolute atomic E-state index is 12.6. The topological polar surface area (TPSA) is 138 Å². The van der Waals surface area contributed by atoms with Crippen molar-refractivity contribution in [3.05, 3.63) is 35.4 Å². The van der Waals surface area contributed by atoms with E-state index in [1.807, 2.05) is 0 Å². The van der Waals surface area contributed by atoms with Crippen LogP contribution >= 0.6 is 24.4 Å². The Balaban J connectivity index is 2.31. The van der Waals surface area contributed by atoms with Gasteiger partial charge in [-0.05, 0) is 43.5 Å². The van der Waals surface area contributed by atoms with Crippen LogP contribution in [0, 0.1) is 0 Å². The van der Waals surface area contributed by atoms with Gasteiger partial charge in [-0.2, -0.15) is 10.2 Å². The van der Waals surface area contributed by atoms with E-state index in [9.17, 15) is 9.59 Å². The lowest BCUT2D eigenvalue weighted by Crippen LogP contribution is -2.44. The molecule has 0 bridgehead atoms. The Hall–Kier alpha value is -2.92. The fourth-order valence-corrected chi connectivity index (χ4v) is 2.30. The zero-order chi connectivity index (χ0) is 18.6. The molecule has 0 saturated heterocycles. The van der Waals surface area contributed by atoms with Crippen LogP contribution in [-0.4, -0.2) is 44.9 Å². The number of nitrogens with one attached hydrogen (secondary N) is 2. The zero-order valence-electron chi connectivity index (χ0n) is 13.1. The van der Waals surface area contributed by atoms with Crippen molar-refractivity contribution in [2.75, 3.05) is 0 Å². The molecule has 0 fully saturated rings. The molecular formula is C14H15N7O2S2. The highest BCUT2D eigenvalue weighted by Gasteiger charge is 2.39. The van der Waals surface area contributed by atoms with Crippen LogP contribution in [0.5, 0.6) is 0 Å². The van der Waals surface area contributed by atoms with E-state index in [1.165, 1.54) is 6.21 Å². The van der Waals surface area contributed by atoms with Crippen molar-refractivity contribution in [1.29, 1.82) is 0 Å². The molecule has 9 nitrogen and oxygen atoms in total. The van der Waals surface area contributed by atoms with E-state index in [0.29, 0.717) is 11.1 Å². The molecule has 25 heavy (non-hydrogen) atoms. The average molecular weight is 377 g/mol. The number of thiocarbonyl (C=S) groups is 2. The van der Waals surface area contributed by atoms with Crippen molar-refractivity contribution in [3.8, 4) is 0 Å². The number of imide groups is 1. The van der Waals surface area contributed by atoms with E-state index in [-0.39, 0.29) is 15.9 Å². The molecule has 2 amide bonds. The van der Waals surface area contributed by atoms with Crippen LogP contribution in [-0.2, 0) is 0 Å². The minimum atomic E-state index is -0.744. The lowest BCUT2D eigenvalue weighted by molar-refractivity contribution is 0.0636. The first kappa shape index (κ1) is 18.4. The molecule has 6 N–H and O–H groups in total. The smallest absolute Gasteiger partial charge is 0.262 e. The van der Waals surface area contributed by atoms with Gasteiger partial charge in [-0.1, -0.05) is 12.1 Å². The van der Waals surface area contributed by atoms with Crippen LogP contribution in [0.4, 0.5) is 0 Å². The summed E-state index contributed by atoms with van der Waals surface area (Å²) in [6, 6.07) is 5.82. The van der Waals surface area contributed by atoms with Gasteiger partial charge in [0.05, 0.1) is 23.4 Å². The van der Waals surface area contributed by atoms with Gasteiger partial charge in [-0.3, -0.25) is 25.3 Å². The highest BCUT2D eigenvalue weighted by atomic mass is 32.1. The average Bonchev–Trinajstić information content (AvgIpc) is 2.81. The minimum Gasteiger partial charge on any atom is -0.375 e. The summed E-state index contributed by atoms with van der Waals surface area (Å²) in [6.45, 7) is 1.62. The van der Waals surface area contributed by atoms with Gasteiger partial charge in [-0.15, -0.1) is 0 Å². The molecule has 1 aromatic rings. The summed E-state index contributed by atoms with van der Waals surface area (Å²) in [6.07, 6.45) is 1.26. The van der Waals surface area contributed by atoms with Gasteiger partial charge < -0.3 is 11.5 Å². The molecule has 130 valence electrons. The van der Waals surface area contributed by atoms with Crippen LogP contribution < -0.4 is 22.3 Å². The third-order valence-corrected chi connectivity index (χ3v) is 3.49. The summed E-state index contributed by atoms with van der Waals surface area (Å²) in [7, 11) is 0. The largest absolute Gasteiger partial charge is 0.375 e. The Kier molecular flexibility index (Phi) is 5.72. The second-order valence-corrected chi connectivity index (χ2v) is 5.83. The number of carbonyl (C=O) groups excluding carboxylic acids is 2. The van der Waals surface area contributed by atoms with Gasteiger partial charge in [0.25, 0.3) is 11.8 Å². The van der Waals surface area contributed by atoms with Crippen LogP contribution in [0.2, 0.25) is 0 Å². The Morgan fingerprint density at radius 2 is 1.64 bits per heavy atom. The molecule has 1 aliphatic heterocycles. The van der Waals surface area contributed by atoms with Crippen molar-refractivity contribution >= 4 is 58.4 Å². The molecule has 11 heteroatoms. The van der Waals surface area contributed by atoms with E-state index in [2.05, 4.69) is 33.3 Å². The highest BCUT2D eigenvalue weighted by molar-refractivity contribution is 7.80. The third kappa shape index (κ3) is 4.14. The number of hydrogen-bond acceptors (Lipinski definition) is 6. The van der Waals surface area contributed by atoms with Gasteiger partial charge in [0, 0.05) is 0 Å². The predicted molar refractivity (Wildman–Crippen MR) is 102 cm³/mol. The molecular weight excluding hydrogens is 362 g/mol. The van der Waals surface area contributed by atoms with Gasteiger partial charge in [0.1, 0.15) is 5.71 Å². The maximum Gasteiger partial charge on any atom is 0.262 e. The summed E-state index contributed by atoms with van der Waals surface area (Å²) >= 11 is 9.35. The number of amides is 2. The van der Waals surface area contributed by atoms with Crippen LogP contribution in [0.1, 0.15) is 27.6 Å². The lowest BCUT2D eigenvalue weighted by Gasteiger charge is -2.22. The molecule has 1 unspecified atom stereocenters. The molecule has 1 heterocycles. The number of nitrogens with two attached hydrogens (primary N) is 2. The zero-order valence-corrected chi connectivity index (χ0v) is 14.7. The van der Waals surface area contributed by atoms with Crippen molar-refractivity contribution < 1.29 is 9.59 Å². The standard InChI is InChI=1S/C14H15N7O2S2/c1-7(10(18-20-14(16)25)6-17-19-13(15)24)21-11(22)8-4-2-3-5-9(8)12(21)23/h2-7H,1H3,(H3,15,19,24)(H3,16,20,25)/b17-6+,18-10+. The summed E-state index contributed by atoms with van der Waals surface area (Å²) in [4.78, 5) is 26.2. The van der Waals surface area contributed by atoms with Gasteiger partial charge >= 0.3 is 0 Å². The summed E-state index contributed by atoms with van der Waals surface area (Å²) in [5, 5.41) is 7.64. The number of nitrogens with zero attached hydrogens (tertiary/aromatic N) is 3. The first-order valence-corrected chi connectivity index (χ1v) is 7.83. The Labute approximate surface area is 154 Å². The SMILES string of the molecule is CC(C(/C=N/NC(N)=S)=N/NC(N)=S)N1C(=O)c2ccccc2C1=O. The maximum atomic E-state index is 12.6. The number of hydrazone groups is 2. The van der Waals surface area contributed by atoms with Crippen molar-refractivity contribution in [3.63, 3.8) is 0 Å². The molecule has 1 atom stereocenters. The highest BCUT2D eigenvalue weighted by Crippen LogP contribution is 2.24. The van der Waals surface area contributed by atoms with Crippen LogP contribution in [0.15, 0.2) is 34.5 Å². The van der Waals surface area contributed by atoms with Gasteiger partial charge in [-0.25, -0.2) is 0 Å². The third-order valence-electron chi connectivity index (χ3n) is 3.31. The van der Waals surface area contributed by atoms with Crippen molar-refractivity contribution in [2.45, 2.75) is 13.0 Å². The molecule has 0 saturated carbocycles. The molecule has 0 aromatic heterocycles. The van der Waals surface area contributed by atoms with Crippen molar-refractivity contribution in [2.24, 2.45) is 21.7 Å². The first-order valence-electron chi connectivity index (χ1n) is 7.01. The minimum absolute atomic E-state index is 0.0497. The summed E-state index contributed by atoms with van der Waals surface area (Å²) < 4.78 is 0. The van der Waals surface area contributed by atoms with E-state index < -0.39 is 17.9 Å². The Bertz CT molecular complexity index is 771. The van der Waals surface area contributed by atoms with E-state index >= 15 is 0 Å². The Morgan fingerprint density at radius 3 is 2.12 bits per heavy atom. The fourth-order valence-electron chi connectivity index (χ4n) is 2.20. The predicted octanol–water partition coefficient (Wildman–Crippen LogP) is -0.321. The molecule has 1 aliphatic rings. The monoisotopic (exact) mass is 377 g/mol. The van der Waals surface area contributed by atoms with E-state index in [0.717, 1.165) is 4.90 Å². The lowest BCUT2D eigenvalue weighted by atomic mass is 10.1. The molecule has 0 spiro atoms. The fraction of sp³-hybridized carbons (Fsp3) is 0.143. The van der Waals surface area contributed by atoms with Crippen LogP contribution in [0.3, 0.4) is 0 Å². The van der Waals surface area contributed by atoms with Gasteiger partial charge in [0.2, 0.25) is 0 Å². The molecule has 0 radical (unpaired) electrons. The van der Waals surface area contributed by atoms with E-state index in [1.54, 1.807) is 31.2 Å². The second kappa shape index (κ2) is 7.77. The number of benzene rings is 1. The quantitative estimate of drug-likeness (QED) is 0.237. The Morgan fingerprint density at radius 1 is 1.12 bits per heavy atom. The number of hydrogen-bond donors (Lipinski definition) is 4. The normalized spacial score (nSPS) is 15.2. The van der Waals surface area contributed by atoms with Crippen molar-refractivity contribution in [1.82, 2.24) is 15.8 Å². The number of fused-ring (bicyclic) bond motifs is 1. The number of carbonyl (C=O) groups is 2. The molecule has 0 aliphatic carbocycles. The second-order valence-electron chi connectivity index (χ2n) is 4.95. The van der Waals surface area contributed by atoms with Crippen LogP contribution in [0.25, 0.3) is 0 Å². The summed E-state index contributed by atoms with van der Waals surface area (Å²) in [5.74, 6) is -0.848.